The summed E-state index contributed by atoms with van der Waals surface area (Å²) in [5.74, 6) is -1.73. The molecular weight excluding hydrogens is 433 g/mol. The molecule has 14 heteroatoms. The molecule has 0 atom stereocenters. The lowest BCUT2D eigenvalue weighted by molar-refractivity contribution is -0.143. The van der Waals surface area contributed by atoms with E-state index in [1.165, 1.54) is 5.32 Å². The third kappa shape index (κ3) is 5.03. The van der Waals surface area contributed by atoms with Gasteiger partial charge in [-0.05, 0) is 24.3 Å². The average Bonchev–Trinajstić information content (AvgIpc) is 2.51. The van der Waals surface area contributed by atoms with Gasteiger partial charge < -0.3 is 5.32 Å². The van der Waals surface area contributed by atoms with Gasteiger partial charge in [0.2, 0.25) is 0 Å². The van der Waals surface area contributed by atoms with Gasteiger partial charge in [-0.2, -0.15) is 39.5 Å². The topological polar surface area (TPSA) is 54.9 Å². The van der Waals surface area contributed by atoms with Gasteiger partial charge >= 0.3 is 18.5 Å². The highest BCUT2D eigenvalue weighted by molar-refractivity contribution is 6.29. The summed E-state index contributed by atoms with van der Waals surface area (Å²) in [6.07, 6.45) is -15.6. The number of anilines is 1. The minimum atomic E-state index is -5.21. The third-order valence-corrected chi connectivity index (χ3v) is 3.31. The molecule has 1 amide bonds. The Morgan fingerprint density at radius 1 is 0.786 bits per heavy atom. The van der Waals surface area contributed by atoms with Crippen molar-refractivity contribution in [3.05, 3.63) is 51.8 Å². The van der Waals surface area contributed by atoms with Crippen LogP contribution in [-0.2, 0) is 18.5 Å². The van der Waals surface area contributed by atoms with Gasteiger partial charge in [0.1, 0.15) is 0 Å². The molecule has 0 spiro atoms. The Hall–Kier alpha value is -2.57. The summed E-state index contributed by atoms with van der Waals surface area (Å²) in [7, 11) is 0. The Bertz CT molecular complexity index is 874. The van der Waals surface area contributed by atoms with Crippen LogP contribution in [0.15, 0.2) is 24.3 Å². The number of alkyl halides is 9. The first kappa shape index (κ1) is 21.7. The molecule has 2 rings (SSSR count). The molecule has 0 fully saturated rings. The SMILES string of the molecule is O=C(Nc1cc(C(F)(F)F)cc(C(F)(F)F)c1)c1nnc(Cl)cc1C(F)(F)F. The van der Waals surface area contributed by atoms with Crippen LogP contribution in [0, 0.1) is 0 Å². The number of carbonyl (C=O) groups excluding carboxylic acids is 1. The Morgan fingerprint density at radius 3 is 1.71 bits per heavy atom. The van der Waals surface area contributed by atoms with E-state index in [-0.39, 0.29) is 24.3 Å². The molecule has 28 heavy (non-hydrogen) atoms. The van der Waals surface area contributed by atoms with Crippen molar-refractivity contribution in [2.45, 2.75) is 18.5 Å². The van der Waals surface area contributed by atoms with Gasteiger partial charge in [0.05, 0.1) is 16.7 Å². The van der Waals surface area contributed by atoms with Crippen molar-refractivity contribution in [1.29, 1.82) is 0 Å². The Balaban J connectivity index is 2.50. The molecule has 4 nitrogen and oxygen atoms in total. The second-order valence-electron chi connectivity index (χ2n) is 5.18. The van der Waals surface area contributed by atoms with Gasteiger partial charge in [-0.1, -0.05) is 11.6 Å². The lowest BCUT2D eigenvalue weighted by Gasteiger charge is -2.15. The Labute approximate surface area is 154 Å². The summed E-state index contributed by atoms with van der Waals surface area (Å²) in [6.45, 7) is 0. The second kappa shape index (κ2) is 7.11. The molecule has 1 heterocycles. The predicted octanol–water partition coefficient (Wildman–Crippen LogP) is 5.44. The van der Waals surface area contributed by atoms with Gasteiger partial charge in [0.15, 0.2) is 10.8 Å². The number of nitrogens with one attached hydrogen (secondary N) is 1. The van der Waals surface area contributed by atoms with E-state index in [0.717, 1.165) is 0 Å². The number of halogens is 10. The number of rotatable bonds is 2. The number of benzene rings is 1. The lowest BCUT2D eigenvalue weighted by Crippen LogP contribution is -2.22. The van der Waals surface area contributed by atoms with E-state index in [0.29, 0.717) is 0 Å². The summed E-state index contributed by atoms with van der Waals surface area (Å²) >= 11 is 5.27. The molecule has 1 aromatic heterocycles. The quantitative estimate of drug-likeness (QED) is 0.637. The zero-order valence-corrected chi connectivity index (χ0v) is 13.6. The van der Waals surface area contributed by atoms with Crippen LogP contribution in [0.4, 0.5) is 45.2 Å². The number of nitrogens with zero attached hydrogens (tertiary/aromatic N) is 2. The minimum absolute atomic E-state index is 0.129. The standard InChI is InChI=1S/C14H5ClF9N3O/c15-9-4-8(14(22,23)24)10(27-26-9)11(28)25-7-2-5(12(16,17)18)1-6(3-7)13(19,20)21/h1-4H,(H,25,28). The third-order valence-electron chi connectivity index (χ3n) is 3.13. The molecule has 0 bridgehead atoms. The largest absolute Gasteiger partial charge is 0.418 e. The smallest absolute Gasteiger partial charge is 0.321 e. The molecule has 0 aliphatic carbocycles. The van der Waals surface area contributed by atoms with E-state index in [1.54, 1.807) is 0 Å². The van der Waals surface area contributed by atoms with Crippen molar-refractivity contribution >= 4 is 23.2 Å². The van der Waals surface area contributed by atoms with Crippen LogP contribution >= 0.6 is 11.6 Å². The first-order valence-electron chi connectivity index (χ1n) is 6.80. The molecule has 1 aromatic carbocycles. The summed E-state index contributed by atoms with van der Waals surface area (Å²) < 4.78 is 116. The Kier molecular flexibility index (Phi) is 5.52. The maximum atomic E-state index is 13.0. The minimum Gasteiger partial charge on any atom is -0.321 e. The fraction of sp³-hybridized carbons (Fsp3) is 0.214. The van der Waals surface area contributed by atoms with Gasteiger partial charge in [-0.15, -0.1) is 10.2 Å². The molecule has 0 saturated heterocycles. The molecule has 0 aliphatic heterocycles. The summed E-state index contributed by atoms with van der Waals surface area (Å²) in [6, 6.07) is 0.281. The summed E-state index contributed by atoms with van der Waals surface area (Å²) in [5.41, 5.74) is -7.64. The monoisotopic (exact) mass is 437 g/mol. The molecule has 1 N–H and O–H groups in total. The lowest BCUT2D eigenvalue weighted by atomic mass is 10.1. The number of aromatic nitrogens is 2. The fourth-order valence-electron chi connectivity index (χ4n) is 1.97. The average molecular weight is 438 g/mol. The normalized spacial score (nSPS) is 12.8. The number of amides is 1. The van der Waals surface area contributed by atoms with Crippen molar-refractivity contribution in [3.63, 3.8) is 0 Å². The van der Waals surface area contributed by atoms with Crippen molar-refractivity contribution in [2.24, 2.45) is 0 Å². The van der Waals surface area contributed by atoms with Crippen molar-refractivity contribution in [1.82, 2.24) is 10.2 Å². The van der Waals surface area contributed by atoms with E-state index in [4.69, 9.17) is 11.6 Å². The molecule has 0 saturated carbocycles. The summed E-state index contributed by atoms with van der Waals surface area (Å²) in [4.78, 5) is 12.0. The zero-order chi connectivity index (χ0) is 21.5. The Morgan fingerprint density at radius 2 is 1.29 bits per heavy atom. The van der Waals surface area contributed by atoms with Gasteiger partial charge in [0, 0.05) is 5.69 Å². The maximum absolute atomic E-state index is 13.0. The predicted molar refractivity (Wildman–Crippen MR) is 76.4 cm³/mol. The molecular formula is C14H5ClF9N3O. The van der Waals surface area contributed by atoms with E-state index in [2.05, 4.69) is 10.2 Å². The first-order chi connectivity index (χ1) is 12.6. The van der Waals surface area contributed by atoms with Gasteiger partial charge in [0.25, 0.3) is 5.91 Å². The van der Waals surface area contributed by atoms with E-state index >= 15 is 0 Å². The molecule has 0 radical (unpaired) electrons. The van der Waals surface area contributed by atoms with Crippen LogP contribution in [0.3, 0.4) is 0 Å². The highest BCUT2D eigenvalue weighted by Gasteiger charge is 2.39. The number of carbonyl (C=O) groups is 1. The highest BCUT2D eigenvalue weighted by atomic mass is 35.5. The van der Waals surface area contributed by atoms with Gasteiger partial charge in [-0.25, -0.2) is 0 Å². The van der Waals surface area contributed by atoms with Crippen molar-refractivity contribution in [2.75, 3.05) is 5.32 Å². The van der Waals surface area contributed by atoms with E-state index in [9.17, 15) is 44.3 Å². The van der Waals surface area contributed by atoms with Crippen molar-refractivity contribution in [3.8, 4) is 0 Å². The van der Waals surface area contributed by atoms with Crippen LogP contribution in [0.1, 0.15) is 27.2 Å². The van der Waals surface area contributed by atoms with Gasteiger partial charge in [-0.3, -0.25) is 4.79 Å². The molecule has 152 valence electrons. The van der Waals surface area contributed by atoms with E-state index < -0.39 is 57.7 Å². The van der Waals surface area contributed by atoms with Crippen LogP contribution < -0.4 is 5.32 Å². The molecule has 0 unspecified atom stereocenters. The van der Waals surface area contributed by atoms with Crippen LogP contribution in [-0.4, -0.2) is 16.1 Å². The molecule has 2 aromatic rings. The number of hydrogen-bond donors (Lipinski definition) is 1. The van der Waals surface area contributed by atoms with E-state index in [1.807, 2.05) is 0 Å². The summed E-state index contributed by atoms with van der Waals surface area (Å²) in [5, 5.41) is 6.75. The maximum Gasteiger partial charge on any atom is 0.418 e. The van der Waals surface area contributed by atoms with Crippen molar-refractivity contribution < 1.29 is 44.3 Å². The molecule has 0 aliphatic rings. The zero-order valence-electron chi connectivity index (χ0n) is 12.9. The van der Waals surface area contributed by atoms with Crippen LogP contribution in [0.5, 0.6) is 0 Å². The first-order valence-corrected chi connectivity index (χ1v) is 7.18. The highest BCUT2D eigenvalue weighted by Crippen LogP contribution is 2.38. The fourth-order valence-corrected chi connectivity index (χ4v) is 2.12. The van der Waals surface area contributed by atoms with Crippen LogP contribution in [0.25, 0.3) is 0 Å². The second-order valence-corrected chi connectivity index (χ2v) is 5.56. The number of hydrogen-bond acceptors (Lipinski definition) is 3. The van der Waals surface area contributed by atoms with Crippen LogP contribution in [0.2, 0.25) is 5.15 Å².